The van der Waals surface area contributed by atoms with E-state index in [4.69, 9.17) is 0 Å². The van der Waals surface area contributed by atoms with Crippen molar-refractivity contribution in [2.45, 2.75) is 70.4 Å². The third kappa shape index (κ3) is 3.38. The van der Waals surface area contributed by atoms with E-state index in [1.165, 1.54) is 17.5 Å². The average Bonchev–Trinajstić information content (AvgIpc) is 3.40. The van der Waals surface area contributed by atoms with Gasteiger partial charge in [-0.3, -0.25) is 9.59 Å². The molecule has 1 amide bonds. The zero-order valence-corrected chi connectivity index (χ0v) is 18.1. The summed E-state index contributed by atoms with van der Waals surface area (Å²) >= 11 is 0. The Hall–Kier alpha value is -2.88. The number of aryl methyl sites for hydroxylation is 3. The molecule has 160 valence electrons. The van der Waals surface area contributed by atoms with Gasteiger partial charge in [-0.1, -0.05) is 49.2 Å². The third-order valence-electron chi connectivity index (χ3n) is 7.30. The molecule has 3 aliphatic rings. The molecule has 4 nitrogen and oxygen atoms in total. The Balaban J connectivity index is 1.67. The van der Waals surface area contributed by atoms with Crippen molar-refractivity contribution in [1.29, 1.82) is 0 Å². The molecule has 1 saturated heterocycles. The summed E-state index contributed by atoms with van der Waals surface area (Å²) in [5, 5.41) is 11.4. The monoisotopic (exact) mass is 415 g/mol. The number of amides is 1. The molecule has 4 heteroatoms. The molecule has 1 heterocycles. The number of Topliss-reactive ketones (excluding diaryl/α,β-unsaturated/α-hetero) is 1. The second-order valence-corrected chi connectivity index (χ2v) is 9.19. The maximum absolute atomic E-state index is 13.3. The lowest BCUT2D eigenvalue weighted by Crippen LogP contribution is -2.37. The summed E-state index contributed by atoms with van der Waals surface area (Å²) in [5.41, 5.74) is 5.39. The van der Waals surface area contributed by atoms with Gasteiger partial charge in [0.2, 0.25) is 0 Å². The number of aliphatic hydroxyl groups is 1. The fourth-order valence-corrected chi connectivity index (χ4v) is 5.64. The molecular weight excluding hydrogens is 386 g/mol. The summed E-state index contributed by atoms with van der Waals surface area (Å²) in [5.74, 6) is -1.07. The first-order chi connectivity index (χ1) is 15.1. The van der Waals surface area contributed by atoms with Gasteiger partial charge in [0.1, 0.15) is 5.76 Å². The van der Waals surface area contributed by atoms with Crippen LogP contribution in [0.3, 0.4) is 0 Å². The van der Waals surface area contributed by atoms with Gasteiger partial charge in [0.25, 0.3) is 11.7 Å². The van der Waals surface area contributed by atoms with Crippen molar-refractivity contribution >= 4 is 17.4 Å². The molecule has 0 radical (unpaired) electrons. The summed E-state index contributed by atoms with van der Waals surface area (Å²) in [7, 11) is 0. The minimum Gasteiger partial charge on any atom is -0.507 e. The van der Waals surface area contributed by atoms with Crippen LogP contribution >= 0.6 is 0 Å². The first kappa shape index (κ1) is 20.0. The summed E-state index contributed by atoms with van der Waals surface area (Å²) in [6, 6.07) is 13.4. The van der Waals surface area contributed by atoms with Crippen molar-refractivity contribution in [3.05, 3.63) is 75.9 Å². The Labute approximate surface area is 183 Å². The largest absolute Gasteiger partial charge is 0.507 e. The Kier molecular flexibility index (Phi) is 5.17. The van der Waals surface area contributed by atoms with Crippen molar-refractivity contribution in [1.82, 2.24) is 4.90 Å². The van der Waals surface area contributed by atoms with Gasteiger partial charge in [0.05, 0.1) is 11.6 Å². The lowest BCUT2D eigenvalue weighted by molar-refractivity contribution is -0.141. The molecule has 2 fully saturated rings. The number of hydrogen-bond donors (Lipinski definition) is 1. The van der Waals surface area contributed by atoms with Gasteiger partial charge < -0.3 is 10.0 Å². The minimum atomic E-state index is -0.560. The van der Waals surface area contributed by atoms with E-state index >= 15 is 0 Å². The Bertz CT molecular complexity index is 1080. The van der Waals surface area contributed by atoms with Crippen molar-refractivity contribution < 1.29 is 14.7 Å². The minimum absolute atomic E-state index is 0.0412. The predicted molar refractivity (Wildman–Crippen MR) is 121 cm³/mol. The van der Waals surface area contributed by atoms with Crippen LogP contribution in [0.5, 0.6) is 0 Å². The third-order valence-corrected chi connectivity index (χ3v) is 7.30. The van der Waals surface area contributed by atoms with Gasteiger partial charge in [0, 0.05) is 11.6 Å². The number of carbonyl (C=O) groups is 2. The van der Waals surface area contributed by atoms with Crippen molar-refractivity contribution in [3.8, 4) is 0 Å². The van der Waals surface area contributed by atoms with Crippen LogP contribution in [0.25, 0.3) is 5.76 Å². The van der Waals surface area contributed by atoms with E-state index in [0.29, 0.717) is 5.56 Å². The summed E-state index contributed by atoms with van der Waals surface area (Å²) < 4.78 is 0. The van der Waals surface area contributed by atoms with E-state index in [1.54, 1.807) is 4.90 Å². The molecule has 2 aromatic rings. The normalized spacial score (nSPS) is 23.4. The molecule has 1 N–H and O–H groups in total. The van der Waals surface area contributed by atoms with Gasteiger partial charge in [-0.15, -0.1) is 0 Å². The SMILES string of the molecule is Cc1ccccc1C1/C(=C(\O)c2ccc3c(c2)CCCC3)C(=O)C(=O)N1C1CCCC1. The molecule has 1 atom stereocenters. The highest BCUT2D eigenvalue weighted by atomic mass is 16.3. The number of aliphatic hydroxyl groups excluding tert-OH is 1. The van der Waals surface area contributed by atoms with Crippen molar-refractivity contribution in [3.63, 3.8) is 0 Å². The van der Waals surface area contributed by atoms with E-state index in [1.807, 2.05) is 43.3 Å². The zero-order chi connectivity index (χ0) is 21.5. The van der Waals surface area contributed by atoms with E-state index in [9.17, 15) is 14.7 Å². The number of likely N-dealkylation sites (tertiary alicyclic amines) is 1. The zero-order valence-electron chi connectivity index (χ0n) is 18.1. The standard InChI is InChI=1S/C27H29NO3/c1-17-8-2-7-13-22(17)24-23(26(30)27(31)28(24)21-11-5-6-12-21)25(29)20-15-14-18-9-3-4-10-19(18)16-20/h2,7-8,13-16,21,24,29H,3-6,9-12H2,1H3/b25-23+. The van der Waals surface area contributed by atoms with Gasteiger partial charge >= 0.3 is 0 Å². The van der Waals surface area contributed by atoms with Gasteiger partial charge in [-0.2, -0.15) is 0 Å². The molecule has 2 aromatic carbocycles. The van der Waals surface area contributed by atoms with Crippen LogP contribution in [-0.4, -0.2) is 27.7 Å². The first-order valence-corrected chi connectivity index (χ1v) is 11.5. The predicted octanol–water partition coefficient (Wildman–Crippen LogP) is 5.24. The van der Waals surface area contributed by atoms with Gasteiger partial charge in [0.15, 0.2) is 0 Å². The molecule has 5 rings (SSSR count). The van der Waals surface area contributed by atoms with Crippen LogP contribution in [0.15, 0.2) is 48.0 Å². The number of benzene rings is 2. The molecular formula is C27H29NO3. The molecule has 0 aromatic heterocycles. The number of fused-ring (bicyclic) bond motifs is 1. The first-order valence-electron chi connectivity index (χ1n) is 11.5. The van der Waals surface area contributed by atoms with E-state index in [-0.39, 0.29) is 17.4 Å². The lowest BCUT2D eigenvalue weighted by Gasteiger charge is -2.31. The van der Waals surface area contributed by atoms with Crippen molar-refractivity contribution in [2.75, 3.05) is 0 Å². The second kappa shape index (κ2) is 7.99. The van der Waals surface area contributed by atoms with E-state index < -0.39 is 17.7 Å². The Morgan fingerprint density at radius 1 is 0.935 bits per heavy atom. The molecule has 0 bridgehead atoms. The number of hydrogen-bond acceptors (Lipinski definition) is 3. The lowest BCUT2D eigenvalue weighted by atomic mass is 9.88. The highest BCUT2D eigenvalue weighted by Gasteiger charge is 2.49. The van der Waals surface area contributed by atoms with E-state index in [0.717, 1.165) is 56.1 Å². The summed E-state index contributed by atoms with van der Waals surface area (Å²) in [4.78, 5) is 28.2. The van der Waals surface area contributed by atoms with E-state index in [2.05, 4.69) is 6.07 Å². The number of rotatable bonds is 3. The Morgan fingerprint density at radius 3 is 2.39 bits per heavy atom. The molecule has 1 unspecified atom stereocenters. The molecule has 1 saturated carbocycles. The van der Waals surface area contributed by atoms with Crippen LogP contribution in [0.4, 0.5) is 0 Å². The molecule has 1 aliphatic heterocycles. The smallest absolute Gasteiger partial charge is 0.295 e. The number of carbonyl (C=O) groups excluding carboxylic acids is 2. The van der Waals surface area contributed by atoms with Crippen LogP contribution in [0, 0.1) is 6.92 Å². The summed E-state index contributed by atoms with van der Waals surface area (Å²) in [6.07, 6.45) is 8.35. The quantitative estimate of drug-likeness (QED) is 0.424. The maximum Gasteiger partial charge on any atom is 0.295 e. The van der Waals surface area contributed by atoms with Crippen LogP contribution < -0.4 is 0 Å². The fourth-order valence-electron chi connectivity index (χ4n) is 5.64. The van der Waals surface area contributed by atoms with Gasteiger partial charge in [-0.25, -0.2) is 0 Å². The van der Waals surface area contributed by atoms with Crippen molar-refractivity contribution in [2.24, 2.45) is 0 Å². The average molecular weight is 416 g/mol. The van der Waals surface area contributed by atoms with Crippen LogP contribution in [0.2, 0.25) is 0 Å². The Morgan fingerprint density at radius 2 is 1.65 bits per heavy atom. The topological polar surface area (TPSA) is 57.6 Å². The molecule has 31 heavy (non-hydrogen) atoms. The van der Waals surface area contributed by atoms with Crippen LogP contribution in [0.1, 0.15) is 72.4 Å². The number of ketones is 1. The second-order valence-electron chi connectivity index (χ2n) is 9.19. The fraction of sp³-hybridized carbons (Fsp3) is 0.407. The number of nitrogens with zero attached hydrogens (tertiary/aromatic N) is 1. The summed E-state index contributed by atoms with van der Waals surface area (Å²) in [6.45, 7) is 2.00. The highest BCUT2D eigenvalue weighted by Crippen LogP contribution is 2.44. The maximum atomic E-state index is 13.3. The molecule has 0 spiro atoms. The highest BCUT2D eigenvalue weighted by molar-refractivity contribution is 6.46. The molecule has 2 aliphatic carbocycles. The van der Waals surface area contributed by atoms with Crippen LogP contribution in [-0.2, 0) is 22.4 Å². The van der Waals surface area contributed by atoms with Gasteiger partial charge in [-0.05, 0) is 73.8 Å².